The SMILES string of the molecule is Cc1cc(C(C)N)ccc1OCC(N)=O. The molecule has 4 nitrogen and oxygen atoms in total. The van der Waals surface area contributed by atoms with E-state index in [1.165, 1.54) is 0 Å². The molecule has 1 rings (SSSR count). The summed E-state index contributed by atoms with van der Waals surface area (Å²) in [6.45, 7) is 3.72. The highest BCUT2D eigenvalue weighted by Gasteiger charge is 2.05. The van der Waals surface area contributed by atoms with Gasteiger partial charge in [-0.05, 0) is 31.0 Å². The first kappa shape index (κ1) is 11.5. The monoisotopic (exact) mass is 208 g/mol. The van der Waals surface area contributed by atoms with Crippen LogP contribution in [0.1, 0.15) is 24.1 Å². The van der Waals surface area contributed by atoms with Gasteiger partial charge in [-0.3, -0.25) is 4.79 Å². The molecule has 0 fully saturated rings. The maximum Gasteiger partial charge on any atom is 0.255 e. The third-order valence-corrected chi connectivity index (χ3v) is 2.09. The maximum atomic E-state index is 10.5. The van der Waals surface area contributed by atoms with Gasteiger partial charge >= 0.3 is 0 Å². The Balaban J connectivity index is 2.79. The Hall–Kier alpha value is -1.55. The van der Waals surface area contributed by atoms with Crippen LogP contribution in [0, 0.1) is 6.92 Å². The number of hydrogen-bond acceptors (Lipinski definition) is 3. The van der Waals surface area contributed by atoms with E-state index in [9.17, 15) is 4.79 Å². The van der Waals surface area contributed by atoms with E-state index >= 15 is 0 Å². The van der Waals surface area contributed by atoms with Gasteiger partial charge in [0, 0.05) is 6.04 Å². The first-order valence-corrected chi connectivity index (χ1v) is 4.78. The molecular weight excluding hydrogens is 192 g/mol. The molecule has 0 aromatic heterocycles. The van der Waals surface area contributed by atoms with Crippen molar-refractivity contribution in [2.45, 2.75) is 19.9 Å². The lowest BCUT2D eigenvalue weighted by atomic mass is 10.1. The van der Waals surface area contributed by atoms with E-state index < -0.39 is 5.91 Å². The van der Waals surface area contributed by atoms with E-state index in [1.807, 2.05) is 26.0 Å². The van der Waals surface area contributed by atoms with Gasteiger partial charge in [-0.25, -0.2) is 0 Å². The summed E-state index contributed by atoms with van der Waals surface area (Å²) in [6, 6.07) is 5.63. The Labute approximate surface area is 89.2 Å². The average Bonchev–Trinajstić information content (AvgIpc) is 2.15. The molecule has 1 unspecified atom stereocenters. The molecule has 0 radical (unpaired) electrons. The van der Waals surface area contributed by atoms with Gasteiger partial charge in [0.25, 0.3) is 5.91 Å². The number of hydrogen-bond donors (Lipinski definition) is 2. The zero-order chi connectivity index (χ0) is 11.4. The standard InChI is InChI=1S/C11H16N2O2/c1-7-5-9(8(2)12)3-4-10(7)15-6-11(13)14/h3-5,8H,6,12H2,1-2H3,(H2,13,14). The van der Waals surface area contributed by atoms with Crippen LogP contribution in [0.4, 0.5) is 0 Å². The van der Waals surface area contributed by atoms with E-state index in [2.05, 4.69) is 0 Å². The Bertz CT molecular complexity index is 362. The second kappa shape index (κ2) is 4.79. The smallest absolute Gasteiger partial charge is 0.255 e. The van der Waals surface area contributed by atoms with Crippen LogP contribution in [0.25, 0.3) is 0 Å². The highest BCUT2D eigenvalue weighted by Crippen LogP contribution is 2.21. The third kappa shape index (κ3) is 3.25. The van der Waals surface area contributed by atoms with Crippen LogP contribution in [-0.2, 0) is 4.79 Å². The van der Waals surface area contributed by atoms with Crippen LogP contribution in [0.15, 0.2) is 18.2 Å². The third-order valence-electron chi connectivity index (χ3n) is 2.09. The predicted octanol–water partition coefficient (Wildman–Crippen LogP) is 0.879. The minimum Gasteiger partial charge on any atom is -0.484 e. The van der Waals surface area contributed by atoms with Gasteiger partial charge in [-0.15, -0.1) is 0 Å². The van der Waals surface area contributed by atoms with Crippen molar-refractivity contribution in [1.29, 1.82) is 0 Å². The maximum absolute atomic E-state index is 10.5. The van der Waals surface area contributed by atoms with Crippen molar-refractivity contribution in [3.8, 4) is 5.75 Å². The molecular formula is C11H16N2O2. The van der Waals surface area contributed by atoms with Gasteiger partial charge in [-0.2, -0.15) is 0 Å². The molecule has 0 aliphatic carbocycles. The number of rotatable bonds is 4. The van der Waals surface area contributed by atoms with Crippen LogP contribution >= 0.6 is 0 Å². The van der Waals surface area contributed by atoms with E-state index in [-0.39, 0.29) is 12.6 Å². The van der Waals surface area contributed by atoms with Crippen molar-refractivity contribution < 1.29 is 9.53 Å². The van der Waals surface area contributed by atoms with Gasteiger partial charge in [0.2, 0.25) is 0 Å². The molecule has 0 heterocycles. The van der Waals surface area contributed by atoms with Crippen molar-refractivity contribution in [3.63, 3.8) is 0 Å². The summed E-state index contributed by atoms with van der Waals surface area (Å²) in [5, 5.41) is 0. The van der Waals surface area contributed by atoms with Gasteiger partial charge in [-0.1, -0.05) is 12.1 Å². The number of ether oxygens (including phenoxy) is 1. The van der Waals surface area contributed by atoms with E-state index in [1.54, 1.807) is 6.07 Å². The summed E-state index contributed by atoms with van der Waals surface area (Å²) in [5.41, 5.74) is 12.7. The highest BCUT2D eigenvalue weighted by atomic mass is 16.5. The van der Waals surface area contributed by atoms with Crippen LogP contribution in [0.3, 0.4) is 0 Å². The number of carbonyl (C=O) groups excluding carboxylic acids is 1. The topological polar surface area (TPSA) is 78.3 Å². The molecule has 0 aliphatic heterocycles. The Morgan fingerprint density at radius 1 is 1.53 bits per heavy atom. The summed E-state index contributed by atoms with van der Waals surface area (Å²) >= 11 is 0. The second-order valence-electron chi connectivity index (χ2n) is 3.57. The van der Waals surface area contributed by atoms with Gasteiger partial charge in [0.1, 0.15) is 5.75 Å². The molecule has 82 valence electrons. The molecule has 0 saturated carbocycles. The van der Waals surface area contributed by atoms with Crippen molar-refractivity contribution in [2.24, 2.45) is 11.5 Å². The first-order chi connectivity index (χ1) is 7.00. The number of primary amides is 1. The van der Waals surface area contributed by atoms with Crippen molar-refractivity contribution in [3.05, 3.63) is 29.3 Å². The fourth-order valence-electron chi connectivity index (χ4n) is 1.27. The van der Waals surface area contributed by atoms with E-state index in [0.717, 1.165) is 11.1 Å². The Morgan fingerprint density at radius 2 is 2.20 bits per heavy atom. The molecule has 1 aromatic rings. The van der Waals surface area contributed by atoms with Crippen molar-refractivity contribution >= 4 is 5.91 Å². The predicted molar refractivity (Wildman–Crippen MR) is 58.5 cm³/mol. The first-order valence-electron chi connectivity index (χ1n) is 4.78. The van der Waals surface area contributed by atoms with Crippen molar-refractivity contribution in [1.82, 2.24) is 0 Å². The lowest BCUT2D eigenvalue weighted by molar-refractivity contribution is -0.119. The van der Waals surface area contributed by atoms with Gasteiger partial charge < -0.3 is 16.2 Å². The van der Waals surface area contributed by atoms with E-state index in [4.69, 9.17) is 16.2 Å². The Kier molecular flexibility index (Phi) is 3.68. The second-order valence-corrected chi connectivity index (χ2v) is 3.57. The fraction of sp³-hybridized carbons (Fsp3) is 0.364. The zero-order valence-corrected chi connectivity index (χ0v) is 8.99. The number of amides is 1. The van der Waals surface area contributed by atoms with Gasteiger partial charge in [0.15, 0.2) is 6.61 Å². The zero-order valence-electron chi connectivity index (χ0n) is 8.99. The molecule has 4 N–H and O–H groups in total. The summed E-state index contributed by atoms with van der Waals surface area (Å²) in [5.74, 6) is 0.184. The lowest BCUT2D eigenvalue weighted by Gasteiger charge is -2.11. The van der Waals surface area contributed by atoms with Crippen LogP contribution in [0.5, 0.6) is 5.75 Å². The molecule has 1 atom stereocenters. The summed E-state index contributed by atoms with van der Waals surface area (Å²) in [7, 11) is 0. The molecule has 1 aromatic carbocycles. The highest BCUT2D eigenvalue weighted by molar-refractivity contribution is 5.75. The number of carbonyl (C=O) groups is 1. The lowest BCUT2D eigenvalue weighted by Crippen LogP contribution is -2.20. The molecule has 0 spiro atoms. The normalized spacial score (nSPS) is 12.2. The average molecular weight is 208 g/mol. The summed E-state index contributed by atoms with van der Waals surface area (Å²) < 4.78 is 5.22. The van der Waals surface area contributed by atoms with Crippen molar-refractivity contribution in [2.75, 3.05) is 6.61 Å². The fourth-order valence-corrected chi connectivity index (χ4v) is 1.27. The summed E-state index contributed by atoms with van der Waals surface area (Å²) in [4.78, 5) is 10.5. The molecule has 15 heavy (non-hydrogen) atoms. The molecule has 0 bridgehead atoms. The van der Waals surface area contributed by atoms with Crippen LogP contribution < -0.4 is 16.2 Å². The molecule has 1 amide bonds. The van der Waals surface area contributed by atoms with Crippen LogP contribution in [0.2, 0.25) is 0 Å². The van der Waals surface area contributed by atoms with Crippen LogP contribution in [-0.4, -0.2) is 12.5 Å². The van der Waals surface area contributed by atoms with Gasteiger partial charge in [0.05, 0.1) is 0 Å². The molecule has 4 heteroatoms. The number of nitrogens with two attached hydrogens (primary N) is 2. The quantitative estimate of drug-likeness (QED) is 0.771. The summed E-state index contributed by atoms with van der Waals surface area (Å²) in [6.07, 6.45) is 0. The molecule has 0 saturated heterocycles. The largest absolute Gasteiger partial charge is 0.484 e. The minimum atomic E-state index is -0.481. The molecule has 0 aliphatic rings. The number of benzene rings is 1. The number of aryl methyl sites for hydroxylation is 1. The van der Waals surface area contributed by atoms with E-state index in [0.29, 0.717) is 5.75 Å². The Morgan fingerprint density at radius 3 is 2.67 bits per heavy atom. The minimum absolute atomic E-state index is 0.00566.